The lowest BCUT2D eigenvalue weighted by Gasteiger charge is -2.32. The Hall–Kier alpha value is -2.35. The Labute approximate surface area is 165 Å². The van der Waals surface area contributed by atoms with E-state index in [0.29, 0.717) is 25.9 Å². The maximum atomic E-state index is 12.7. The molecule has 1 atom stereocenters. The number of carbonyl (C=O) groups is 2. The Kier molecular flexibility index (Phi) is 6.39. The first-order valence-electron chi connectivity index (χ1n) is 8.87. The molecule has 28 heavy (non-hydrogen) atoms. The predicted octanol–water partition coefficient (Wildman–Crippen LogP) is 4.31. The molecule has 0 bridgehead atoms. The number of benzene rings is 1. The summed E-state index contributed by atoms with van der Waals surface area (Å²) in [6.45, 7) is 0.875. The fourth-order valence-electron chi connectivity index (χ4n) is 3.14. The Morgan fingerprint density at radius 1 is 1.14 bits per heavy atom. The number of piperidine rings is 1. The number of pyridine rings is 1. The molecule has 148 valence electrons. The van der Waals surface area contributed by atoms with Gasteiger partial charge in [0, 0.05) is 30.8 Å². The summed E-state index contributed by atoms with van der Waals surface area (Å²) in [7, 11) is 0. The first-order chi connectivity index (χ1) is 13.3. The van der Waals surface area contributed by atoms with Crippen LogP contribution in [0.15, 0.2) is 53.7 Å². The third-order valence-corrected chi connectivity index (χ3v) is 5.55. The number of hydrogen-bond donors (Lipinski definition) is 0. The molecule has 0 radical (unpaired) electrons. The van der Waals surface area contributed by atoms with Gasteiger partial charge >= 0.3 is 6.18 Å². The van der Waals surface area contributed by atoms with Crippen LogP contribution in [-0.4, -0.2) is 40.4 Å². The lowest BCUT2D eigenvalue weighted by atomic mass is 9.89. The van der Waals surface area contributed by atoms with Gasteiger partial charge in [0.05, 0.1) is 16.3 Å². The zero-order valence-electron chi connectivity index (χ0n) is 15.0. The Morgan fingerprint density at radius 2 is 1.89 bits per heavy atom. The second-order valence-electron chi connectivity index (χ2n) is 6.57. The van der Waals surface area contributed by atoms with E-state index in [4.69, 9.17) is 0 Å². The number of Topliss-reactive ketones (excluding diaryl/α,β-unsaturated/α-hetero) is 1. The van der Waals surface area contributed by atoms with Gasteiger partial charge in [0.15, 0.2) is 5.78 Å². The van der Waals surface area contributed by atoms with Crippen molar-refractivity contribution >= 4 is 23.5 Å². The average molecular weight is 408 g/mol. The van der Waals surface area contributed by atoms with Crippen LogP contribution in [0, 0.1) is 5.92 Å². The van der Waals surface area contributed by atoms with Gasteiger partial charge in [-0.25, -0.2) is 4.98 Å². The van der Waals surface area contributed by atoms with Crippen LogP contribution in [0.4, 0.5) is 13.2 Å². The van der Waals surface area contributed by atoms with Crippen molar-refractivity contribution in [2.75, 3.05) is 18.8 Å². The third kappa shape index (κ3) is 5.13. The van der Waals surface area contributed by atoms with Crippen LogP contribution in [0.25, 0.3) is 0 Å². The summed E-state index contributed by atoms with van der Waals surface area (Å²) in [6.07, 6.45) is -1.46. The molecule has 4 nitrogen and oxygen atoms in total. The standard InChI is InChI=1S/C20H19F3N2O2S/c21-20(22,23)16-8-6-14(7-9-16)19(27)15-4-3-11-25(12-15)18(26)13-28-17-5-1-2-10-24-17/h1-2,5-10,15H,3-4,11-13H2/t15-/m0/s1. The minimum absolute atomic E-state index is 0.0689. The Morgan fingerprint density at radius 3 is 2.54 bits per heavy atom. The number of likely N-dealkylation sites (tertiary alicyclic amines) is 1. The second-order valence-corrected chi connectivity index (χ2v) is 7.57. The highest BCUT2D eigenvalue weighted by Gasteiger charge is 2.32. The molecule has 2 aromatic rings. The Balaban J connectivity index is 1.59. The molecule has 1 aliphatic heterocycles. The molecule has 1 aliphatic rings. The molecule has 1 fully saturated rings. The Bertz CT molecular complexity index is 826. The fourth-order valence-corrected chi connectivity index (χ4v) is 3.90. The van der Waals surface area contributed by atoms with Gasteiger partial charge in [-0.2, -0.15) is 13.2 Å². The van der Waals surface area contributed by atoms with E-state index >= 15 is 0 Å². The van der Waals surface area contributed by atoms with Crippen molar-refractivity contribution < 1.29 is 22.8 Å². The van der Waals surface area contributed by atoms with E-state index in [-0.39, 0.29) is 23.0 Å². The predicted molar refractivity (Wildman–Crippen MR) is 100 cm³/mol. The number of carbonyl (C=O) groups excluding carboxylic acids is 2. The van der Waals surface area contributed by atoms with E-state index in [9.17, 15) is 22.8 Å². The summed E-state index contributed by atoms with van der Waals surface area (Å²) in [5.74, 6) is -0.448. The number of halogens is 3. The number of nitrogens with zero attached hydrogens (tertiary/aromatic N) is 2. The van der Waals surface area contributed by atoms with Gasteiger partial charge in [-0.3, -0.25) is 9.59 Å². The number of rotatable bonds is 5. The van der Waals surface area contributed by atoms with Crippen LogP contribution in [0.5, 0.6) is 0 Å². The van der Waals surface area contributed by atoms with Crippen LogP contribution in [0.2, 0.25) is 0 Å². The van der Waals surface area contributed by atoms with Gasteiger partial charge in [0.1, 0.15) is 0 Å². The zero-order valence-corrected chi connectivity index (χ0v) is 15.8. The monoisotopic (exact) mass is 408 g/mol. The van der Waals surface area contributed by atoms with Crippen LogP contribution < -0.4 is 0 Å². The highest BCUT2D eigenvalue weighted by molar-refractivity contribution is 7.99. The van der Waals surface area contributed by atoms with Crippen molar-refractivity contribution in [1.29, 1.82) is 0 Å². The first-order valence-corrected chi connectivity index (χ1v) is 9.86. The normalized spacial score (nSPS) is 17.4. The second kappa shape index (κ2) is 8.77. The highest BCUT2D eigenvalue weighted by atomic mass is 32.2. The fraction of sp³-hybridized carbons (Fsp3) is 0.350. The minimum atomic E-state index is -4.43. The van der Waals surface area contributed by atoms with Crippen molar-refractivity contribution in [3.05, 3.63) is 59.8 Å². The molecule has 1 aromatic heterocycles. The molecule has 0 N–H and O–H groups in total. The van der Waals surface area contributed by atoms with Crippen molar-refractivity contribution in [2.24, 2.45) is 5.92 Å². The van der Waals surface area contributed by atoms with Crippen LogP contribution in [0.3, 0.4) is 0 Å². The summed E-state index contributed by atoms with van der Waals surface area (Å²) >= 11 is 1.34. The molecule has 0 saturated carbocycles. The molecule has 0 aliphatic carbocycles. The van der Waals surface area contributed by atoms with E-state index in [1.807, 2.05) is 12.1 Å². The molecule has 1 aromatic carbocycles. The van der Waals surface area contributed by atoms with E-state index < -0.39 is 17.7 Å². The van der Waals surface area contributed by atoms with E-state index in [1.165, 1.54) is 23.9 Å². The number of amides is 1. The number of hydrogen-bond acceptors (Lipinski definition) is 4. The molecule has 1 saturated heterocycles. The first kappa shape index (κ1) is 20.4. The third-order valence-electron chi connectivity index (χ3n) is 4.62. The number of alkyl halides is 3. The largest absolute Gasteiger partial charge is 0.416 e. The number of thioether (sulfide) groups is 1. The van der Waals surface area contributed by atoms with E-state index in [1.54, 1.807) is 17.2 Å². The molecular formula is C20H19F3N2O2S. The topological polar surface area (TPSA) is 50.3 Å². The van der Waals surface area contributed by atoms with Gasteiger partial charge in [-0.1, -0.05) is 30.0 Å². The van der Waals surface area contributed by atoms with Gasteiger partial charge in [0.25, 0.3) is 0 Å². The van der Waals surface area contributed by atoms with Crippen LogP contribution in [0.1, 0.15) is 28.8 Å². The maximum Gasteiger partial charge on any atom is 0.416 e. The van der Waals surface area contributed by atoms with Gasteiger partial charge < -0.3 is 4.90 Å². The average Bonchev–Trinajstić information content (AvgIpc) is 2.72. The number of aromatic nitrogens is 1. The van der Waals surface area contributed by atoms with Crippen molar-refractivity contribution in [3.8, 4) is 0 Å². The van der Waals surface area contributed by atoms with Gasteiger partial charge in [-0.15, -0.1) is 0 Å². The summed E-state index contributed by atoms with van der Waals surface area (Å²) in [6, 6.07) is 9.73. The van der Waals surface area contributed by atoms with E-state index in [0.717, 1.165) is 17.2 Å². The van der Waals surface area contributed by atoms with Crippen LogP contribution in [-0.2, 0) is 11.0 Å². The minimum Gasteiger partial charge on any atom is -0.341 e. The zero-order chi connectivity index (χ0) is 20.1. The highest BCUT2D eigenvalue weighted by Crippen LogP contribution is 2.30. The smallest absolute Gasteiger partial charge is 0.341 e. The van der Waals surface area contributed by atoms with E-state index in [2.05, 4.69) is 4.98 Å². The summed E-state index contributed by atoms with van der Waals surface area (Å²) in [4.78, 5) is 31.0. The van der Waals surface area contributed by atoms with Crippen molar-refractivity contribution in [3.63, 3.8) is 0 Å². The van der Waals surface area contributed by atoms with Crippen molar-refractivity contribution in [2.45, 2.75) is 24.0 Å². The van der Waals surface area contributed by atoms with Gasteiger partial charge in [0.2, 0.25) is 5.91 Å². The molecule has 3 rings (SSSR count). The van der Waals surface area contributed by atoms with Gasteiger partial charge in [-0.05, 0) is 37.1 Å². The summed E-state index contributed by atoms with van der Waals surface area (Å²) in [5, 5.41) is 0.755. The molecule has 0 unspecified atom stereocenters. The van der Waals surface area contributed by atoms with Crippen molar-refractivity contribution in [1.82, 2.24) is 9.88 Å². The summed E-state index contributed by atoms with van der Waals surface area (Å²) in [5.41, 5.74) is -0.536. The lowest BCUT2D eigenvalue weighted by molar-refractivity contribution is -0.137. The molecule has 2 heterocycles. The number of ketones is 1. The molecular weight excluding hydrogens is 389 g/mol. The molecule has 1 amide bonds. The van der Waals surface area contributed by atoms with Crippen LogP contribution >= 0.6 is 11.8 Å². The lowest BCUT2D eigenvalue weighted by Crippen LogP contribution is -2.43. The maximum absolute atomic E-state index is 12.7. The molecule has 0 spiro atoms. The summed E-state index contributed by atoms with van der Waals surface area (Å²) < 4.78 is 38.0. The molecule has 8 heteroatoms. The SMILES string of the molecule is O=C(c1ccc(C(F)(F)F)cc1)[C@H]1CCCN(C(=O)CSc2ccccn2)C1. The quantitative estimate of drug-likeness (QED) is 0.546.